The van der Waals surface area contributed by atoms with Gasteiger partial charge in [0.1, 0.15) is 6.10 Å². The van der Waals surface area contributed by atoms with Crippen LogP contribution in [0.15, 0.2) is 0 Å². The molecule has 1 fully saturated rings. The van der Waals surface area contributed by atoms with E-state index in [0.29, 0.717) is 12.3 Å². The second-order valence-corrected chi connectivity index (χ2v) is 3.54. The Morgan fingerprint density at radius 2 is 2.17 bits per heavy atom. The van der Waals surface area contributed by atoms with Gasteiger partial charge in [-0.15, -0.1) is 0 Å². The van der Waals surface area contributed by atoms with Gasteiger partial charge in [0, 0.05) is 6.04 Å². The molecule has 0 aromatic rings. The fraction of sp³-hybridized carbons (Fsp3) is 0.875. The molecular weight excluding hydrogens is 156 g/mol. The van der Waals surface area contributed by atoms with Crippen molar-refractivity contribution in [2.75, 3.05) is 0 Å². The second-order valence-electron chi connectivity index (χ2n) is 3.54. The smallest absolute Gasteiger partial charge is 0.247 e. The maximum atomic E-state index is 10.5. The van der Waals surface area contributed by atoms with Crippen molar-refractivity contribution >= 4 is 5.91 Å². The molecular formula is C8H16N2O2. The Bertz CT molecular complexity index is 168. The van der Waals surface area contributed by atoms with Crippen molar-refractivity contribution in [2.24, 2.45) is 17.4 Å². The quantitative estimate of drug-likeness (QED) is 0.526. The van der Waals surface area contributed by atoms with Crippen LogP contribution in [0.25, 0.3) is 0 Å². The number of aliphatic hydroxyl groups excluding tert-OH is 1. The molecule has 1 aliphatic carbocycles. The first kappa shape index (κ1) is 9.48. The van der Waals surface area contributed by atoms with Crippen LogP contribution in [-0.2, 0) is 4.79 Å². The number of hydrogen-bond donors (Lipinski definition) is 3. The molecule has 0 unspecified atom stereocenters. The summed E-state index contributed by atoms with van der Waals surface area (Å²) in [6.07, 6.45) is 3.11. The van der Waals surface area contributed by atoms with E-state index in [9.17, 15) is 4.79 Å². The van der Waals surface area contributed by atoms with Gasteiger partial charge in [-0.3, -0.25) is 4.79 Å². The van der Waals surface area contributed by atoms with Gasteiger partial charge in [-0.2, -0.15) is 0 Å². The van der Waals surface area contributed by atoms with Gasteiger partial charge in [-0.1, -0.05) is 19.3 Å². The number of carbonyl (C=O) groups excluding carboxylic acids is 1. The van der Waals surface area contributed by atoms with E-state index in [1.165, 1.54) is 19.3 Å². The van der Waals surface area contributed by atoms with Crippen LogP contribution >= 0.6 is 0 Å². The highest BCUT2D eigenvalue weighted by Gasteiger charge is 2.26. The van der Waals surface area contributed by atoms with E-state index in [4.69, 9.17) is 16.6 Å². The monoisotopic (exact) mass is 172 g/mol. The highest BCUT2D eigenvalue weighted by Crippen LogP contribution is 2.30. The molecule has 1 saturated carbocycles. The van der Waals surface area contributed by atoms with Gasteiger partial charge in [0.2, 0.25) is 5.91 Å². The minimum absolute atomic E-state index is 0.479. The van der Waals surface area contributed by atoms with Crippen LogP contribution in [0, 0.1) is 5.92 Å². The first-order chi connectivity index (χ1) is 5.61. The Kier molecular flexibility index (Phi) is 3.05. The van der Waals surface area contributed by atoms with Crippen LogP contribution in [0.1, 0.15) is 25.7 Å². The van der Waals surface area contributed by atoms with Crippen molar-refractivity contribution in [1.29, 1.82) is 0 Å². The molecule has 0 saturated heterocycles. The van der Waals surface area contributed by atoms with E-state index in [0.717, 1.165) is 0 Å². The zero-order valence-electron chi connectivity index (χ0n) is 7.07. The average Bonchev–Trinajstić information content (AvgIpc) is 1.94. The normalized spacial score (nSPS) is 22.8. The summed E-state index contributed by atoms with van der Waals surface area (Å²) < 4.78 is 0. The van der Waals surface area contributed by atoms with Crippen LogP contribution in [0.3, 0.4) is 0 Å². The molecule has 4 heteroatoms. The third-order valence-corrected chi connectivity index (χ3v) is 2.53. The van der Waals surface area contributed by atoms with Crippen molar-refractivity contribution in [3.05, 3.63) is 0 Å². The van der Waals surface area contributed by atoms with Crippen LogP contribution < -0.4 is 11.5 Å². The summed E-state index contributed by atoms with van der Waals surface area (Å²) in [5.74, 6) is -0.129. The molecule has 0 aliphatic heterocycles. The molecule has 0 heterocycles. The molecule has 4 nitrogen and oxygen atoms in total. The van der Waals surface area contributed by atoms with E-state index < -0.39 is 18.1 Å². The number of nitrogens with two attached hydrogens (primary N) is 2. The number of amides is 1. The van der Waals surface area contributed by atoms with E-state index >= 15 is 0 Å². The molecule has 0 aromatic carbocycles. The zero-order valence-corrected chi connectivity index (χ0v) is 7.07. The molecule has 0 bridgehead atoms. The van der Waals surface area contributed by atoms with Gasteiger partial charge in [0.05, 0.1) is 0 Å². The number of rotatable bonds is 4. The molecule has 12 heavy (non-hydrogen) atoms. The highest BCUT2D eigenvalue weighted by molar-refractivity contribution is 5.79. The molecule has 70 valence electrons. The lowest BCUT2D eigenvalue weighted by atomic mass is 9.80. The van der Waals surface area contributed by atoms with Gasteiger partial charge < -0.3 is 16.6 Å². The van der Waals surface area contributed by atoms with Crippen molar-refractivity contribution in [1.82, 2.24) is 0 Å². The third-order valence-electron chi connectivity index (χ3n) is 2.53. The fourth-order valence-electron chi connectivity index (χ4n) is 1.45. The Morgan fingerprint density at radius 3 is 2.50 bits per heavy atom. The van der Waals surface area contributed by atoms with E-state index in [-0.39, 0.29) is 0 Å². The fourth-order valence-corrected chi connectivity index (χ4v) is 1.45. The summed E-state index contributed by atoms with van der Waals surface area (Å²) in [6, 6.07) is -0.479. The summed E-state index contributed by atoms with van der Waals surface area (Å²) in [5, 5.41) is 9.16. The van der Waals surface area contributed by atoms with E-state index in [2.05, 4.69) is 0 Å². The molecule has 1 amide bonds. The number of hydrogen-bond acceptors (Lipinski definition) is 3. The van der Waals surface area contributed by atoms with Crippen molar-refractivity contribution in [2.45, 2.75) is 37.8 Å². The molecule has 5 N–H and O–H groups in total. The Balaban J connectivity index is 2.25. The average molecular weight is 172 g/mol. The minimum atomic E-state index is -1.18. The molecule has 0 aromatic heterocycles. The molecule has 1 aliphatic rings. The third kappa shape index (κ3) is 2.19. The maximum Gasteiger partial charge on any atom is 0.247 e. The largest absolute Gasteiger partial charge is 0.382 e. The standard InChI is InChI=1S/C8H16N2O2/c9-6(7(11)8(10)12)4-5-2-1-3-5/h5-7,11H,1-4,9H2,(H2,10,12)/t6-,7-/m0/s1. The van der Waals surface area contributed by atoms with Gasteiger partial charge in [-0.25, -0.2) is 0 Å². The van der Waals surface area contributed by atoms with Crippen molar-refractivity contribution in [3.8, 4) is 0 Å². The minimum Gasteiger partial charge on any atom is -0.382 e. The lowest BCUT2D eigenvalue weighted by Crippen LogP contribution is -2.45. The van der Waals surface area contributed by atoms with Crippen LogP contribution in [-0.4, -0.2) is 23.2 Å². The summed E-state index contributed by atoms with van der Waals surface area (Å²) in [7, 11) is 0. The van der Waals surface area contributed by atoms with Crippen LogP contribution in [0.4, 0.5) is 0 Å². The van der Waals surface area contributed by atoms with Gasteiger partial charge in [0.25, 0.3) is 0 Å². The first-order valence-corrected chi connectivity index (χ1v) is 4.34. The highest BCUT2D eigenvalue weighted by atomic mass is 16.3. The predicted octanol–water partition coefficient (Wildman–Crippen LogP) is -0.650. The predicted molar refractivity (Wildman–Crippen MR) is 45.1 cm³/mol. The summed E-state index contributed by atoms with van der Waals surface area (Å²) >= 11 is 0. The maximum absolute atomic E-state index is 10.5. The molecule has 0 spiro atoms. The second kappa shape index (κ2) is 3.87. The number of primary amides is 1. The van der Waals surface area contributed by atoms with Crippen molar-refractivity contribution < 1.29 is 9.90 Å². The topological polar surface area (TPSA) is 89.3 Å². The number of aliphatic hydroxyl groups is 1. The zero-order chi connectivity index (χ0) is 9.14. The lowest BCUT2D eigenvalue weighted by molar-refractivity contribution is -0.127. The van der Waals surface area contributed by atoms with Gasteiger partial charge in [-0.05, 0) is 12.3 Å². The summed E-state index contributed by atoms with van der Waals surface area (Å²) in [4.78, 5) is 10.5. The number of carbonyl (C=O) groups is 1. The Morgan fingerprint density at radius 1 is 1.58 bits per heavy atom. The van der Waals surface area contributed by atoms with Gasteiger partial charge >= 0.3 is 0 Å². The molecule has 0 radical (unpaired) electrons. The molecule has 2 atom stereocenters. The van der Waals surface area contributed by atoms with Crippen LogP contribution in [0.2, 0.25) is 0 Å². The van der Waals surface area contributed by atoms with Gasteiger partial charge in [0.15, 0.2) is 0 Å². The van der Waals surface area contributed by atoms with E-state index in [1.54, 1.807) is 0 Å². The summed E-state index contributed by atoms with van der Waals surface area (Å²) in [5.41, 5.74) is 10.5. The Labute approximate surface area is 71.9 Å². The van der Waals surface area contributed by atoms with Crippen molar-refractivity contribution in [3.63, 3.8) is 0 Å². The van der Waals surface area contributed by atoms with Crippen LogP contribution in [0.5, 0.6) is 0 Å². The van der Waals surface area contributed by atoms with E-state index in [1.807, 2.05) is 0 Å². The summed E-state index contributed by atoms with van der Waals surface area (Å²) in [6.45, 7) is 0. The lowest BCUT2D eigenvalue weighted by Gasteiger charge is -2.29. The Hall–Kier alpha value is -0.610. The molecule has 1 rings (SSSR count). The SMILES string of the molecule is NC(=O)[C@@H](O)[C@@H](N)CC1CCC1. The first-order valence-electron chi connectivity index (χ1n) is 4.34.